The lowest BCUT2D eigenvalue weighted by molar-refractivity contribution is 0.276. The smallest absolute Gasteiger partial charge is 0.130 e. The van der Waals surface area contributed by atoms with E-state index in [2.05, 4.69) is 4.98 Å². The highest BCUT2D eigenvalue weighted by atomic mass is 16.5. The Morgan fingerprint density at radius 1 is 0.941 bits per heavy atom. The fourth-order valence-corrected chi connectivity index (χ4v) is 1.40. The quantitative estimate of drug-likeness (QED) is 0.843. The van der Waals surface area contributed by atoms with Gasteiger partial charge in [-0.1, -0.05) is 12.1 Å². The van der Waals surface area contributed by atoms with Crippen molar-refractivity contribution in [1.29, 1.82) is 0 Å². The topological polar surface area (TPSA) is 62.6 Å². The zero-order valence-corrected chi connectivity index (χ0v) is 9.21. The van der Waals surface area contributed by atoms with Crippen molar-refractivity contribution in [1.82, 2.24) is 4.98 Å². The Morgan fingerprint density at radius 2 is 1.71 bits per heavy atom. The highest BCUT2D eigenvalue weighted by molar-refractivity contribution is 5.33. The number of ether oxygens (including phenoxy) is 1. The van der Waals surface area contributed by atoms with Gasteiger partial charge in [0.1, 0.15) is 11.5 Å². The van der Waals surface area contributed by atoms with E-state index in [1.54, 1.807) is 42.6 Å². The van der Waals surface area contributed by atoms with E-state index in [-0.39, 0.29) is 13.2 Å². The molecule has 0 aliphatic heterocycles. The predicted octanol–water partition coefficient (Wildman–Crippen LogP) is 1.86. The Balaban J connectivity index is 2.13. The molecule has 2 rings (SSSR count). The molecule has 88 valence electrons. The Hall–Kier alpha value is -1.91. The van der Waals surface area contributed by atoms with Crippen LogP contribution < -0.4 is 4.74 Å². The summed E-state index contributed by atoms with van der Waals surface area (Å²) in [7, 11) is 0. The van der Waals surface area contributed by atoms with Crippen LogP contribution in [0.15, 0.2) is 42.6 Å². The standard InChI is InChI=1S/C13H13NO3/c15-8-10-1-3-12(4-2-10)17-13-5-6-14-11(7-13)9-16/h1-7,15-16H,8-9H2. The maximum atomic E-state index is 8.95. The molecule has 0 bridgehead atoms. The average Bonchev–Trinajstić information content (AvgIpc) is 2.40. The summed E-state index contributed by atoms with van der Waals surface area (Å²) in [5.74, 6) is 1.30. The lowest BCUT2D eigenvalue weighted by atomic mass is 10.2. The van der Waals surface area contributed by atoms with Crippen LogP contribution in [0.1, 0.15) is 11.3 Å². The Morgan fingerprint density at radius 3 is 2.35 bits per heavy atom. The monoisotopic (exact) mass is 231 g/mol. The van der Waals surface area contributed by atoms with E-state index in [0.717, 1.165) is 5.56 Å². The third-order valence-corrected chi connectivity index (χ3v) is 2.29. The van der Waals surface area contributed by atoms with Crippen LogP contribution in [0.25, 0.3) is 0 Å². The van der Waals surface area contributed by atoms with Gasteiger partial charge in [0.05, 0.1) is 18.9 Å². The van der Waals surface area contributed by atoms with Crippen molar-refractivity contribution in [2.75, 3.05) is 0 Å². The van der Waals surface area contributed by atoms with Crippen molar-refractivity contribution in [3.05, 3.63) is 53.9 Å². The number of hydrogen-bond acceptors (Lipinski definition) is 4. The van der Waals surface area contributed by atoms with Gasteiger partial charge in [0.2, 0.25) is 0 Å². The molecule has 0 atom stereocenters. The molecule has 0 aliphatic rings. The number of rotatable bonds is 4. The lowest BCUT2D eigenvalue weighted by Gasteiger charge is -2.06. The molecular formula is C13H13NO3. The van der Waals surface area contributed by atoms with Gasteiger partial charge >= 0.3 is 0 Å². The second-order valence-corrected chi connectivity index (χ2v) is 3.55. The zero-order valence-electron chi connectivity index (χ0n) is 9.21. The fraction of sp³-hybridized carbons (Fsp3) is 0.154. The van der Waals surface area contributed by atoms with E-state index >= 15 is 0 Å². The molecule has 0 unspecified atom stereocenters. The zero-order chi connectivity index (χ0) is 12.1. The number of pyridine rings is 1. The number of aromatic nitrogens is 1. The molecule has 0 aliphatic carbocycles. The Bertz CT molecular complexity index is 482. The summed E-state index contributed by atoms with van der Waals surface area (Å²) in [5.41, 5.74) is 1.40. The summed E-state index contributed by atoms with van der Waals surface area (Å²) in [6, 6.07) is 10.6. The molecule has 2 aromatic rings. The van der Waals surface area contributed by atoms with Crippen LogP contribution in [0.2, 0.25) is 0 Å². The maximum absolute atomic E-state index is 8.95. The van der Waals surface area contributed by atoms with E-state index in [1.165, 1.54) is 0 Å². The van der Waals surface area contributed by atoms with Gasteiger partial charge < -0.3 is 14.9 Å². The van der Waals surface area contributed by atoms with Gasteiger partial charge in [-0.25, -0.2) is 0 Å². The molecule has 4 heteroatoms. The van der Waals surface area contributed by atoms with Crippen LogP contribution in [-0.2, 0) is 13.2 Å². The number of hydrogen-bond donors (Lipinski definition) is 2. The van der Waals surface area contributed by atoms with Gasteiger partial charge in [0.25, 0.3) is 0 Å². The maximum Gasteiger partial charge on any atom is 0.130 e. The molecule has 1 heterocycles. The number of aliphatic hydroxyl groups is 2. The summed E-state index contributed by atoms with van der Waals surface area (Å²) in [6.45, 7) is -0.0924. The minimum Gasteiger partial charge on any atom is -0.457 e. The van der Waals surface area contributed by atoms with Gasteiger partial charge in [0.15, 0.2) is 0 Å². The fourth-order valence-electron chi connectivity index (χ4n) is 1.40. The molecule has 1 aromatic heterocycles. The summed E-state index contributed by atoms with van der Waals surface area (Å²) in [6.07, 6.45) is 1.59. The first-order valence-electron chi connectivity index (χ1n) is 5.25. The van der Waals surface area contributed by atoms with Crippen molar-refractivity contribution in [2.24, 2.45) is 0 Å². The largest absolute Gasteiger partial charge is 0.457 e. The molecule has 4 nitrogen and oxygen atoms in total. The average molecular weight is 231 g/mol. The van der Waals surface area contributed by atoms with Crippen molar-refractivity contribution in [3.63, 3.8) is 0 Å². The van der Waals surface area contributed by atoms with Crippen LogP contribution >= 0.6 is 0 Å². The summed E-state index contributed by atoms with van der Waals surface area (Å²) >= 11 is 0. The second kappa shape index (κ2) is 5.43. The molecule has 0 radical (unpaired) electrons. The summed E-state index contributed by atoms with van der Waals surface area (Å²) < 4.78 is 5.59. The number of nitrogens with zero attached hydrogens (tertiary/aromatic N) is 1. The van der Waals surface area contributed by atoms with E-state index in [4.69, 9.17) is 14.9 Å². The van der Waals surface area contributed by atoms with Crippen LogP contribution in [0, 0.1) is 0 Å². The minimum atomic E-state index is -0.110. The molecule has 0 fully saturated rings. The summed E-state index contributed by atoms with van der Waals surface area (Å²) in [5, 5.41) is 17.9. The van der Waals surface area contributed by atoms with Gasteiger partial charge in [-0.2, -0.15) is 0 Å². The van der Waals surface area contributed by atoms with Gasteiger partial charge in [-0.3, -0.25) is 4.98 Å². The third-order valence-electron chi connectivity index (χ3n) is 2.29. The molecule has 0 spiro atoms. The van der Waals surface area contributed by atoms with Crippen LogP contribution in [0.4, 0.5) is 0 Å². The first-order chi connectivity index (χ1) is 8.31. The van der Waals surface area contributed by atoms with E-state index in [1.807, 2.05) is 0 Å². The van der Waals surface area contributed by atoms with E-state index < -0.39 is 0 Å². The molecular weight excluding hydrogens is 218 g/mol. The first-order valence-corrected chi connectivity index (χ1v) is 5.25. The molecule has 0 saturated carbocycles. The first kappa shape index (κ1) is 11.6. The molecule has 17 heavy (non-hydrogen) atoms. The highest BCUT2D eigenvalue weighted by Crippen LogP contribution is 2.21. The molecule has 2 N–H and O–H groups in total. The summed E-state index contributed by atoms with van der Waals surface area (Å²) in [4.78, 5) is 3.96. The van der Waals surface area contributed by atoms with Crippen LogP contribution in [0.5, 0.6) is 11.5 Å². The van der Waals surface area contributed by atoms with E-state index in [9.17, 15) is 0 Å². The normalized spacial score (nSPS) is 10.2. The Kier molecular flexibility index (Phi) is 3.69. The third kappa shape index (κ3) is 3.03. The van der Waals surface area contributed by atoms with Gasteiger partial charge in [0, 0.05) is 12.3 Å². The minimum absolute atomic E-state index is 0.0181. The number of aliphatic hydroxyl groups excluding tert-OH is 2. The Labute approximate surface area is 99.1 Å². The van der Waals surface area contributed by atoms with Crippen LogP contribution in [0.3, 0.4) is 0 Å². The van der Waals surface area contributed by atoms with Crippen molar-refractivity contribution in [3.8, 4) is 11.5 Å². The van der Waals surface area contributed by atoms with Gasteiger partial charge in [-0.15, -0.1) is 0 Å². The molecule has 0 amide bonds. The van der Waals surface area contributed by atoms with Crippen molar-refractivity contribution < 1.29 is 14.9 Å². The predicted molar refractivity (Wildman–Crippen MR) is 62.6 cm³/mol. The van der Waals surface area contributed by atoms with Crippen molar-refractivity contribution in [2.45, 2.75) is 13.2 Å². The van der Waals surface area contributed by atoms with Crippen LogP contribution in [-0.4, -0.2) is 15.2 Å². The van der Waals surface area contributed by atoms with Gasteiger partial charge in [-0.05, 0) is 23.8 Å². The molecule has 0 saturated heterocycles. The van der Waals surface area contributed by atoms with Crippen molar-refractivity contribution >= 4 is 0 Å². The second-order valence-electron chi connectivity index (χ2n) is 3.55. The SMILES string of the molecule is OCc1ccc(Oc2ccnc(CO)c2)cc1. The van der Waals surface area contributed by atoms with E-state index in [0.29, 0.717) is 17.2 Å². The highest BCUT2D eigenvalue weighted by Gasteiger charge is 1.99. The molecule has 1 aromatic carbocycles. The lowest BCUT2D eigenvalue weighted by Crippen LogP contribution is -1.91. The number of benzene rings is 1.